The fraction of sp³-hybridized carbons (Fsp3) is 0.476. The molecule has 0 saturated carbocycles. The molecule has 29 heavy (non-hydrogen) atoms. The molecule has 0 spiro atoms. The number of rotatable bonds is 11. The fourth-order valence-corrected chi connectivity index (χ4v) is 3.93. The molecule has 1 saturated heterocycles. The quantitative estimate of drug-likeness (QED) is 0.288. The second-order valence-electron chi connectivity index (χ2n) is 6.42. The van der Waals surface area contributed by atoms with Crippen LogP contribution in [0.3, 0.4) is 0 Å². The highest BCUT2D eigenvalue weighted by Gasteiger charge is 2.31. The van der Waals surface area contributed by atoms with E-state index in [1.165, 1.54) is 16.7 Å². The summed E-state index contributed by atoms with van der Waals surface area (Å²) in [5, 5.41) is 0. The van der Waals surface area contributed by atoms with Crippen LogP contribution in [-0.2, 0) is 14.3 Å². The van der Waals surface area contributed by atoms with Gasteiger partial charge in [0.25, 0.3) is 5.91 Å². The number of hydrogen-bond donors (Lipinski definition) is 0. The van der Waals surface area contributed by atoms with Crippen molar-refractivity contribution in [2.24, 2.45) is 0 Å². The summed E-state index contributed by atoms with van der Waals surface area (Å²) in [6, 6.07) is 5.55. The van der Waals surface area contributed by atoms with E-state index < -0.39 is 0 Å². The highest BCUT2D eigenvalue weighted by atomic mass is 32.2. The van der Waals surface area contributed by atoms with E-state index in [9.17, 15) is 9.59 Å². The lowest BCUT2D eigenvalue weighted by Crippen LogP contribution is -2.29. The molecule has 1 fully saturated rings. The summed E-state index contributed by atoms with van der Waals surface area (Å²) in [7, 11) is 1.59. The molecule has 0 N–H and O–H groups in total. The molecule has 0 aliphatic carbocycles. The van der Waals surface area contributed by atoms with Gasteiger partial charge < -0.3 is 14.2 Å². The highest BCUT2D eigenvalue weighted by Crippen LogP contribution is 2.35. The van der Waals surface area contributed by atoms with Crippen LogP contribution >= 0.6 is 24.0 Å². The van der Waals surface area contributed by atoms with E-state index >= 15 is 0 Å². The topological polar surface area (TPSA) is 65.1 Å². The van der Waals surface area contributed by atoms with Crippen LogP contribution in [0.5, 0.6) is 11.5 Å². The molecular formula is C21H27NO5S2. The zero-order valence-electron chi connectivity index (χ0n) is 17.1. The Morgan fingerprint density at radius 1 is 1.21 bits per heavy atom. The van der Waals surface area contributed by atoms with Crippen LogP contribution in [0.25, 0.3) is 6.08 Å². The van der Waals surface area contributed by atoms with Crippen LogP contribution in [0, 0.1) is 0 Å². The molecule has 8 heteroatoms. The molecular weight excluding hydrogens is 410 g/mol. The summed E-state index contributed by atoms with van der Waals surface area (Å²) in [5.74, 6) is 0.903. The molecule has 2 rings (SSSR count). The standard InChI is InChI=1S/C21H27NO5S2/c1-4-11-26-16-9-8-15(13-17(16)25-3)14-18-20(24)22(21(28)29-18)10-6-7-19(23)27-12-5-2/h8-9,13-14H,4-7,10-12H2,1-3H3/b18-14-. The summed E-state index contributed by atoms with van der Waals surface area (Å²) >= 11 is 6.61. The van der Waals surface area contributed by atoms with Crippen LogP contribution in [-0.4, -0.2) is 48.0 Å². The Morgan fingerprint density at radius 3 is 2.66 bits per heavy atom. The smallest absolute Gasteiger partial charge is 0.305 e. The van der Waals surface area contributed by atoms with Crippen molar-refractivity contribution in [3.8, 4) is 11.5 Å². The molecule has 0 unspecified atom stereocenters. The van der Waals surface area contributed by atoms with Crippen molar-refractivity contribution in [2.75, 3.05) is 26.9 Å². The molecule has 0 aromatic heterocycles. The third-order valence-electron chi connectivity index (χ3n) is 4.05. The van der Waals surface area contributed by atoms with Crippen LogP contribution in [0.15, 0.2) is 23.1 Å². The first-order chi connectivity index (χ1) is 14.0. The van der Waals surface area contributed by atoms with Crippen molar-refractivity contribution < 1.29 is 23.8 Å². The molecule has 1 amide bonds. The van der Waals surface area contributed by atoms with Crippen molar-refractivity contribution in [3.05, 3.63) is 28.7 Å². The van der Waals surface area contributed by atoms with Gasteiger partial charge in [-0.05, 0) is 43.0 Å². The maximum absolute atomic E-state index is 12.7. The zero-order chi connectivity index (χ0) is 21.2. The van der Waals surface area contributed by atoms with E-state index in [1.807, 2.05) is 32.0 Å². The van der Waals surface area contributed by atoms with Gasteiger partial charge >= 0.3 is 5.97 Å². The Morgan fingerprint density at radius 2 is 1.97 bits per heavy atom. The van der Waals surface area contributed by atoms with E-state index in [1.54, 1.807) is 13.2 Å². The molecule has 1 aromatic rings. The Bertz CT molecular complexity index is 778. The number of nitrogens with zero attached hydrogens (tertiary/aromatic N) is 1. The third-order valence-corrected chi connectivity index (χ3v) is 5.43. The maximum Gasteiger partial charge on any atom is 0.305 e. The first-order valence-corrected chi connectivity index (χ1v) is 10.9. The molecule has 0 bridgehead atoms. The van der Waals surface area contributed by atoms with E-state index in [0.29, 0.717) is 46.9 Å². The second-order valence-corrected chi connectivity index (χ2v) is 8.09. The highest BCUT2D eigenvalue weighted by molar-refractivity contribution is 8.26. The number of carbonyl (C=O) groups excluding carboxylic acids is 2. The van der Waals surface area contributed by atoms with Crippen molar-refractivity contribution in [3.63, 3.8) is 0 Å². The number of benzene rings is 1. The van der Waals surface area contributed by atoms with Gasteiger partial charge in [-0.25, -0.2) is 0 Å². The fourth-order valence-electron chi connectivity index (χ4n) is 2.62. The van der Waals surface area contributed by atoms with Gasteiger partial charge in [-0.2, -0.15) is 0 Å². The maximum atomic E-state index is 12.7. The van der Waals surface area contributed by atoms with Crippen LogP contribution < -0.4 is 9.47 Å². The molecule has 6 nitrogen and oxygen atoms in total. The normalized spacial score (nSPS) is 15.1. The summed E-state index contributed by atoms with van der Waals surface area (Å²) in [4.78, 5) is 26.4. The number of amides is 1. The summed E-state index contributed by atoms with van der Waals surface area (Å²) in [6.07, 6.45) is 4.28. The van der Waals surface area contributed by atoms with Gasteiger partial charge in [-0.1, -0.05) is 43.9 Å². The van der Waals surface area contributed by atoms with E-state index in [0.717, 1.165) is 18.4 Å². The molecule has 1 aliphatic rings. The predicted molar refractivity (Wildman–Crippen MR) is 119 cm³/mol. The summed E-state index contributed by atoms with van der Waals surface area (Å²) < 4.78 is 16.6. The van der Waals surface area contributed by atoms with Gasteiger partial charge in [-0.3, -0.25) is 14.5 Å². The van der Waals surface area contributed by atoms with Gasteiger partial charge in [0.2, 0.25) is 0 Å². The summed E-state index contributed by atoms with van der Waals surface area (Å²) in [6.45, 7) is 5.42. The Hall–Kier alpha value is -2.06. The Balaban J connectivity index is 2.01. The van der Waals surface area contributed by atoms with Crippen LogP contribution in [0.2, 0.25) is 0 Å². The van der Waals surface area contributed by atoms with E-state index in [-0.39, 0.29) is 18.3 Å². The number of ether oxygens (including phenoxy) is 3. The number of hydrogen-bond acceptors (Lipinski definition) is 7. The van der Waals surface area contributed by atoms with Crippen LogP contribution in [0.4, 0.5) is 0 Å². The molecule has 1 aromatic carbocycles. The third kappa shape index (κ3) is 6.75. The molecule has 0 radical (unpaired) electrons. The SMILES string of the molecule is CCCOC(=O)CCCN1C(=O)/C(=C/c2ccc(OCCC)c(OC)c2)SC1=S. The minimum Gasteiger partial charge on any atom is -0.493 e. The van der Waals surface area contributed by atoms with Crippen molar-refractivity contribution in [1.82, 2.24) is 4.90 Å². The first-order valence-electron chi connectivity index (χ1n) is 9.72. The van der Waals surface area contributed by atoms with Crippen molar-refractivity contribution in [2.45, 2.75) is 39.5 Å². The predicted octanol–water partition coefficient (Wildman–Crippen LogP) is 4.42. The molecule has 1 heterocycles. The number of thiocarbonyl (C=S) groups is 1. The number of esters is 1. The average Bonchev–Trinajstić information content (AvgIpc) is 2.98. The van der Waals surface area contributed by atoms with E-state index in [4.69, 9.17) is 26.4 Å². The van der Waals surface area contributed by atoms with Crippen molar-refractivity contribution >= 4 is 46.3 Å². The second kappa shape index (κ2) is 11.8. The summed E-state index contributed by atoms with van der Waals surface area (Å²) in [5.41, 5.74) is 0.828. The zero-order valence-corrected chi connectivity index (χ0v) is 18.7. The number of carbonyl (C=O) groups is 2. The van der Waals surface area contributed by atoms with Gasteiger partial charge in [0.15, 0.2) is 11.5 Å². The number of thioether (sulfide) groups is 1. The number of methoxy groups -OCH3 is 1. The van der Waals surface area contributed by atoms with Crippen molar-refractivity contribution in [1.29, 1.82) is 0 Å². The van der Waals surface area contributed by atoms with Gasteiger partial charge in [0.05, 0.1) is 25.2 Å². The van der Waals surface area contributed by atoms with Crippen LogP contribution in [0.1, 0.15) is 45.1 Å². The molecule has 158 valence electrons. The lowest BCUT2D eigenvalue weighted by atomic mass is 10.2. The van der Waals surface area contributed by atoms with Gasteiger partial charge in [-0.15, -0.1) is 0 Å². The Kier molecular flexibility index (Phi) is 9.47. The lowest BCUT2D eigenvalue weighted by Gasteiger charge is -2.13. The Labute approximate surface area is 181 Å². The largest absolute Gasteiger partial charge is 0.493 e. The van der Waals surface area contributed by atoms with Gasteiger partial charge in [0, 0.05) is 13.0 Å². The average molecular weight is 438 g/mol. The minimum absolute atomic E-state index is 0.146. The van der Waals surface area contributed by atoms with E-state index in [2.05, 4.69) is 0 Å². The lowest BCUT2D eigenvalue weighted by molar-refractivity contribution is -0.144. The minimum atomic E-state index is -0.245. The molecule has 1 aliphatic heterocycles. The van der Waals surface area contributed by atoms with Gasteiger partial charge in [0.1, 0.15) is 4.32 Å². The molecule has 0 atom stereocenters. The first kappa shape index (κ1) is 23.2. The monoisotopic (exact) mass is 437 g/mol.